The Bertz CT molecular complexity index is 363. The molecular weight excluding hydrogens is 192 g/mol. The zero-order valence-electron chi connectivity index (χ0n) is 5.10. The Morgan fingerprint density at radius 1 is 1.45 bits per heavy atom. The van der Waals surface area contributed by atoms with Gasteiger partial charge in [-0.05, 0) is 0 Å². The highest BCUT2D eigenvalue weighted by molar-refractivity contribution is 7.85. The lowest BCUT2D eigenvalue weighted by Gasteiger charge is -1.93. The van der Waals surface area contributed by atoms with Crippen molar-refractivity contribution in [3.8, 4) is 0 Å². The number of rotatable bonds is 1. The van der Waals surface area contributed by atoms with Gasteiger partial charge in [0.05, 0.1) is 0 Å². The highest BCUT2D eigenvalue weighted by Gasteiger charge is 2.10. The lowest BCUT2D eigenvalue weighted by Crippen LogP contribution is -2.01. The van der Waals surface area contributed by atoms with Gasteiger partial charge in [0.15, 0.2) is 5.03 Å². The molecule has 1 aromatic heterocycles. The van der Waals surface area contributed by atoms with Crippen molar-refractivity contribution < 1.29 is 13.0 Å². The smallest absolute Gasteiger partial charge is 0.281 e. The fourth-order valence-electron chi connectivity index (χ4n) is 0.458. The van der Waals surface area contributed by atoms with Gasteiger partial charge >= 0.3 is 10.1 Å². The van der Waals surface area contributed by atoms with Crippen LogP contribution in [0.3, 0.4) is 0 Å². The first-order chi connectivity index (χ1) is 5.00. The monoisotopic (exact) mass is 194 g/mol. The average Bonchev–Trinajstić information content (AvgIpc) is 1.86. The molecule has 0 atom stereocenters. The largest absolute Gasteiger partial charge is 0.312 e. The Kier molecular flexibility index (Phi) is 2.08. The standard InChI is InChI=1S/C4H3ClN2O3S/c5-3-1-4(7-2-6-3)11(8,9)10/h1-2H,(H,8,9,10). The minimum Gasteiger partial charge on any atom is -0.281 e. The van der Waals surface area contributed by atoms with Crippen LogP contribution in [0.4, 0.5) is 0 Å². The number of hydrogen-bond acceptors (Lipinski definition) is 4. The summed E-state index contributed by atoms with van der Waals surface area (Å²) in [6.07, 6.45) is 0.950. The SMILES string of the molecule is O=S(=O)(O)c1cc(Cl)ncn1. The predicted octanol–water partition coefficient (Wildman–Crippen LogP) is 0.377. The van der Waals surface area contributed by atoms with Crippen LogP contribution in [-0.4, -0.2) is 22.9 Å². The van der Waals surface area contributed by atoms with Crippen molar-refractivity contribution in [3.05, 3.63) is 17.5 Å². The fourth-order valence-corrected chi connectivity index (χ4v) is 1.11. The van der Waals surface area contributed by atoms with Gasteiger partial charge in [-0.15, -0.1) is 0 Å². The molecule has 60 valence electrons. The van der Waals surface area contributed by atoms with E-state index >= 15 is 0 Å². The van der Waals surface area contributed by atoms with E-state index in [1.165, 1.54) is 0 Å². The van der Waals surface area contributed by atoms with Gasteiger partial charge in [-0.1, -0.05) is 11.6 Å². The van der Waals surface area contributed by atoms with Gasteiger partial charge in [-0.3, -0.25) is 4.55 Å². The van der Waals surface area contributed by atoms with Crippen LogP contribution in [0.2, 0.25) is 5.15 Å². The van der Waals surface area contributed by atoms with Crippen molar-refractivity contribution in [2.24, 2.45) is 0 Å². The van der Waals surface area contributed by atoms with Crippen LogP contribution in [0.25, 0.3) is 0 Å². The molecule has 0 aromatic carbocycles. The minimum absolute atomic E-state index is 0.0346. The first-order valence-corrected chi connectivity index (χ1v) is 4.27. The van der Waals surface area contributed by atoms with Crippen LogP contribution >= 0.6 is 11.6 Å². The molecule has 1 aromatic rings. The van der Waals surface area contributed by atoms with Gasteiger partial charge < -0.3 is 0 Å². The Morgan fingerprint density at radius 2 is 2.09 bits per heavy atom. The molecule has 0 spiro atoms. The van der Waals surface area contributed by atoms with E-state index in [0.717, 1.165) is 12.4 Å². The highest BCUT2D eigenvalue weighted by Crippen LogP contribution is 2.08. The summed E-state index contributed by atoms with van der Waals surface area (Å²) < 4.78 is 29.2. The van der Waals surface area contributed by atoms with E-state index in [1.54, 1.807) is 0 Å². The summed E-state index contributed by atoms with van der Waals surface area (Å²) in [6.45, 7) is 0. The molecule has 0 saturated carbocycles. The number of aromatic nitrogens is 2. The maximum absolute atomic E-state index is 10.4. The lowest BCUT2D eigenvalue weighted by atomic mass is 10.7. The first-order valence-electron chi connectivity index (χ1n) is 2.45. The average molecular weight is 195 g/mol. The summed E-state index contributed by atoms with van der Waals surface area (Å²) in [5.74, 6) is 0. The van der Waals surface area contributed by atoms with Crippen molar-refractivity contribution in [1.82, 2.24) is 9.97 Å². The molecule has 1 heterocycles. The Balaban J connectivity index is 3.28. The van der Waals surface area contributed by atoms with Crippen LogP contribution in [-0.2, 0) is 10.1 Å². The van der Waals surface area contributed by atoms with Crippen LogP contribution in [0.1, 0.15) is 0 Å². The van der Waals surface area contributed by atoms with Gasteiger partial charge in [-0.2, -0.15) is 8.42 Å². The maximum atomic E-state index is 10.4. The van der Waals surface area contributed by atoms with Crippen molar-refractivity contribution in [2.45, 2.75) is 5.03 Å². The zero-order chi connectivity index (χ0) is 8.48. The van der Waals surface area contributed by atoms with E-state index < -0.39 is 15.1 Å². The zero-order valence-corrected chi connectivity index (χ0v) is 6.67. The fraction of sp³-hybridized carbons (Fsp3) is 0. The van der Waals surface area contributed by atoms with Gasteiger partial charge in [0.1, 0.15) is 11.5 Å². The summed E-state index contributed by atoms with van der Waals surface area (Å²) in [7, 11) is -4.26. The molecule has 1 N–H and O–H groups in total. The Hall–Kier alpha value is -0.720. The Morgan fingerprint density at radius 3 is 2.45 bits per heavy atom. The van der Waals surface area contributed by atoms with Crippen molar-refractivity contribution in [2.75, 3.05) is 0 Å². The molecule has 0 aliphatic carbocycles. The normalized spacial score (nSPS) is 11.5. The second-order valence-electron chi connectivity index (χ2n) is 1.65. The van der Waals surface area contributed by atoms with E-state index in [0.29, 0.717) is 0 Å². The summed E-state index contributed by atoms with van der Waals surface area (Å²) >= 11 is 5.32. The Labute approximate surface area is 67.8 Å². The summed E-state index contributed by atoms with van der Waals surface area (Å²) in [5, 5.41) is -0.537. The molecule has 0 unspecified atom stereocenters. The van der Waals surface area contributed by atoms with E-state index in [2.05, 4.69) is 9.97 Å². The molecule has 0 amide bonds. The highest BCUT2D eigenvalue weighted by atomic mass is 35.5. The summed E-state index contributed by atoms with van der Waals surface area (Å²) in [6, 6.07) is 0.955. The number of hydrogen-bond donors (Lipinski definition) is 1. The van der Waals surface area contributed by atoms with Crippen molar-refractivity contribution in [3.63, 3.8) is 0 Å². The van der Waals surface area contributed by atoms with E-state index in [1.807, 2.05) is 0 Å². The van der Waals surface area contributed by atoms with Crippen LogP contribution in [0.15, 0.2) is 17.4 Å². The molecule has 0 bridgehead atoms. The van der Waals surface area contributed by atoms with E-state index in [-0.39, 0.29) is 5.15 Å². The number of halogens is 1. The minimum atomic E-state index is -4.26. The lowest BCUT2D eigenvalue weighted by molar-refractivity contribution is 0.479. The maximum Gasteiger partial charge on any atom is 0.312 e. The summed E-state index contributed by atoms with van der Waals surface area (Å²) in [5.41, 5.74) is 0. The van der Waals surface area contributed by atoms with E-state index in [4.69, 9.17) is 16.2 Å². The van der Waals surface area contributed by atoms with Crippen molar-refractivity contribution in [1.29, 1.82) is 0 Å². The van der Waals surface area contributed by atoms with Crippen molar-refractivity contribution >= 4 is 21.7 Å². The molecule has 0 aliphatic heterocycles. The van der Waals surface area contributed by atoms with Crippen LogP contribution < -0.4 is 0 Å². The molecule has 7 heteroatoms. The molecule has 5 nitrogen and oxygen atoms in total. The molecule has 0 aliphatic rings. The van der Waals surface area contributed by atoms with Gasteiger partial charge in [0, 0.05) is 6.07 Å². The van der Waals surface area contributed by atoms with Gasteiger partial charge in [-0.25, -0.2) is 9.97 Å². The van der Waals surface area contributed by atoms with E-state index in [9.17, 15) is 8.42 Å². The first kappa shape index (κ1) is 8.38. The molecule has 11 heavy (non-hydrogen) atoms. The molecule has 1 rings (SSSR count). The number of nitrogens with zero attached hydrogens (tertiary/aromatic N) is 2. The molecule has 0 radical (unpaired) electrons. The molecule has 0 saturated heterocycles. The molecular formula is C4H3ClN2O3S. The van der Waals surface area contributed by atoms with Gasteiger partial charge in [0.25, 0.3) is 0 Å². The quantitative estimate of drug-likeness (QED) is 0.516. The predicted molar refractivity (Wildman–Crippen MR) is 36.9 cm³/mol. The van der Waals surface area contributed by atoms with Gasteiger partial charge in [0.2, 0.25) is 0 Å². The third kappa shape index (κ3) is 2.11. The third-order valence-corrected chi connectivity index (χ3v) is 1.83. The second kappa shape index (κ2) is 2.72. The third-order valence-electron chi connectivity index (χ3n) is 0.873. The summed E-state index contributed by atoms with van der Waals surface area (Å²) in [4.78, 5) is 6.71. The second-order valence-corrected chi connectivity index (χ2v) is 3.41. The molecule has 0 fully saturated rings. The topological polar surface area (TPSA) is 80.2 Å². The van der Waals surface area contributed by atoms with Crippen LogP contribution in [0.5, 0.6) is 0 Å². The van der Waals surface area contributed by atoms with Crippen LogP contribution in [0, 0.1) is 0 Å².